The summed E-state index contributed by atoms with van der Waals surface area (Å²) < 4.78 is 40.1. The molecular weight excluding hydrogens is 215 g/mol. The zero-order valence-corrected chi connectivity index (χ0v) is 9.23. The van der Waals surface area contributed by atoms with E-state index in [0.29, 0.717) is 6.54 Å². The van der Waals surface area contributed by atoms with Gasteiger partial charge in [0.1, 0.15) is 5.82 Å². The minimum absolute atomic E-state index is 0.0123. The second-order valence-electron chi connectivity index (χ2n) is 4.90. The highest BCUT2D eigenvalue weighted by Gasteiger charge is 2.59. The Labute approximate surface area is 92.5 Å². The molecule has 2 rings (SSSR count). The van der Waals surface area contributed by atoms with Gasteiger partial charge in [-0.25, -0.2) is 13.2 Å². The van der Waals surface area contributed by atoms with E-state index in [1.54, 1.807) is 0 Å². The molecule has 1 fully saturated rings. The van der Waals surface area contributed by atoms with Crippen LogP contribution in [0.3, 0.4) is 0 Å². The van der Waals surface area contributed by atoms with Gasteiger partial charge < -0.3 is 5.73 Å². The fourth-order valence-corrected chi connectivity index (χ4v) is 2.58. The minimum atomic E-state index is -1.07. The van der Waals surface area contributed by atoms with Crippen LogP contribution in [0.2, 0.25) is 0 Å². The third kappa shape index (κ3) is 1.44. The van der Waals surface area contributed by atoms with Gasteiger partial charge in [0, 0.05) is 5.56 Å². The highest BCUT2D eigenvalue weighted by molar-refractivity contribution is 5.34. The lowest BCUT2D eigenvalue weighted by Crippen LogP contribution is -2.05. The summed E-state index contributed by atoms with van der Waals surface area (Å²) in [5.41, 5.74) is 5.12. The molecule has 0 aromatic heterocycles. The molecule has 1 nitrogen and oxygen atoms in total. The zero-order chi connectivity index (χ0) is 12.1. The average molecular weight is 229 g/mol. The van der Waals surface area contributed by atoms with Crippen LogP contribution in [-0.2, 0) is 0 Å². The molecule has 0 radical (unpaired) electrons. The van der Waals surface area contributed by atoms with Crippen LogP contribution in [0, 0.1) is 28.8 Å². The molecular formula is C12H14F3N. The Kier molecular flexibility index (Phi) is 2.49. The third-order valence-electron chi connectivity index (χ3n) is 3.69. The molecule has 1 aliphatic rings. The Hall–Kier alpha value is -1.03. The van der Waals surface area contributed by atoms with Crippen LogP contribution in [0.1, 0.15) is 25.3 Å². The predicted molar refractivity (Wildman–Crippen MR) is 55.4 cm³/mol. The van der Waals surface area contributed by atoms with Crippen molar-refractivity contribution in [2.24, 2.45) is 17.1 Å². The van der Waals surface area contributed by atoms with Crippen LogP contribution in [0.4, 0.5) is 13.2 Å². The van der Waals surface area contributed by atoms with Gasteiger partial charge in [-0.15, -0.1) is 0 Å². The molecule has 1 aromatic rings. The molecule has 0 spiro atoms. The van der Waals surface area contributed by atoms with Crippen molar-refractivity contribution in [2.75, 3.05) is 6.54 Å². The van der Waals surface area contributed by atoms with Gasteiger partial charge in [-0.3, -0.25) is 0 Å². The first-order valence-electron chi connectivity index (χ1n) is 5.24. The molecule has 2 atom stereocenters. The van der Waals surface area contributed by atoms with Crippen molar-refractivity contribution < 1.29 is 13.2 Å². The summed E-state index contributed by atoms with van der Waals surface area (Å²) in [4.78, 5) is 0. The number of hydrogen-bond acceptors (Lipinski definition) is 1. The summed E-state index contributed by atoms with van der Waals surface area (Å²) in [7, 11) is 0. The van der Waals surface area contributed by atoms with Crippen LogP contribution in [0.25, 0.3) is 0 Å². The van der Waals surface area contributed by atoms with E-state index in [2.05, 4.69) is 0 Å². The van der Waals surface area contributed by atoms with Gasteiger partial charge in [-0.2, -0.15) is 0 Å². The van der Waals surface area contributed by atoms with Crippen LogP contribution < -0.4 is 5.73 Å². The number of hydrogen-bond donors (Lipinski definition) is 1. The van der Waals surface area contributed by atoms with Crippen LogP contribution in [0.15, 0.2) is 12.1 Å². The topological polar surface area (TPSA) is 26.0 Å². The molecule has 0 aliphatic heterocycles. The maximum absolute atomic E-state index is 13.6. The second-order valence-corrected chi connectivity index (χ2v) is 4.90. The molecule has 0 amide bonds. The van der Waals surface area contributed by atoms with Gasteiger partial charge in [-0.1, -0.05) is 13.8 Å². The molecule has 2 unspecified atom stereocenters. The number of nitrogens with two attached hydrogens (primary N) is 1. The van der Waals surface area contributed by atoms with Gasteiger partial charge in [0.25, 0.3) is 0 Å². The van der Waals surface area contributed by atoms with Gasteiger partial charge in [0.05, 0.1) is 0 Å². The molecule has 4 heteroatoms. The fourth-order valence-electron chi connectivity index (χ4n) is 2.58. The molecule has 88 valence electrons. The average Bonchev–Trinajstić information content (AvgIpc) is 2.75. The molecule has 0 heterocycles. The van der Waals surface area contributed by atoms with Crippen LogP contribution >= 0.6 is 0 Å². The summed E-state index contributed by atoms with van der Waals surface area (Å²) >= 11 is 0. The Morgan fingerprint density at radius 3 is 2.25 bits per heavy atom. The Morgan fingerprint density at radius 2 is 1.75 bits per heavy atom. The maximum atomic E-state index is 13.6. The van der Waals surface area contributed by atoms with Crippen molar-refractivity contribution >= 4 is 0 Å². The molecule has 1 aromatic carbocycles. The Bertz CT molecular complexity index is 429. The molecule has 0 bridgehead atoms. The van der Waals surface area contributed by atoms with Crippen LogP contribution in [0.5, 0.6) is 0 Å². The molecule has 1 saturated carbocycles. The van der Waals surface area contributed by atoms with Crippen molar-refractivity contribution in [1.29, 1.82) is 0 Å². The lowest BCUT2D eigenvalue weighted by atomic mass is 10.0. The van der Waals surface area contributed by atoms with Gasteiger partial charge in [0.15, 0.2) is 11.6 Å². The van der Waals surface area contributed by atoms with E-state index in [-0.39, 0.29) is 22.8 Å². The normalized spacial score (nSPS) is 26.9. The first-order valence-corrected chi connectivity index (χ1v) is 5.24. The van der Waals surface area contributed by atoms with E-state index in [4.69, 9.17) is 5.73 Å². The molecule has 16 heavy (non-hydrogen) atoms. The van der Waals surface area contributed by atoms with Crippen molar-refractivity contribution in [3.8, 4) is 0 Å². The van der Waals surface area contributed by atoms with E-state index in [0.717, 1.165) is 12.1 Å². The standard InChI is InChI=1S/C12H14F3N/c1-12(2)6(5-16)10(12)9-7(13)3-4-8(14)11(9)15/h3-4,6,10H,5,16H2,1-2H3. The van der Waals surface area contributed by atoms with E-state index in [1.165, 1.54) is 0 Å². The predicted octanol–water partition coefficient (Wildman–Crippen LogP) is 2.80. The van der Waals surface area contributed by atoms with E-state index >= 15 is 0 Å². The van der Waals surface area contributed by atoms with Crippen molar-refractivity contribution in [3.05, 3.63) is 35.1 Å². The van der Waals surface area contributed by atoms with Crippen molar-refractivity contribution in [1.82, 2.24) is 0 Å². The largest absolute Gasteiger partial charge is 0.330 e. The molecule has 2 N–H and O–H groups in total. The first-order chi connectivity index (χ1) is 7.41. The number of benzene rings is 1. The third-order valence-corrected chi connectivity index (χ3v) is 3.69. The number of rotatable bonds is 2. The molecule has 1 aliphatic carbocycles. The summed E-state index contributed by atoms with van der Waals surface area (Å²) in [6.45, 7) is 4.13. The monoisotopic (exact) mass is 229 g/mol. The quantitative estimate of drug-likeness (QED) is 0.775. The second kappa shape index (κ2) is 3.48. The smallest absolute Gasteiger partial charge is 0.165 e. The van der Waals surface area contributed by atoms with Gasteiger partial charge >= 0.3 is 0 Å². The zero-order valence-electron chi connectivity index (χ0n) is 9.23. The Morgan fingerprint density at radius 1 is 1.19 bits per heavy atom. The lowest BCUT2D eigenvalue weighted by molar-refractivity contribution is 0.471. The SMILES string of the molecule is CC1(C)C(CN)C1c1c(F)ccc(F)c1F. The van der Waals surface area contributed by atoms with E-state index in [9.17, 15) is 13.2 Å². The summed E-state index contributed by atoms with van der Waals surface area (Å²) in [6.07, 6.45) is 0. The first kappa shape index (κ1) is 11.5. The van der Waals surface area contributed by atoms with Crippen LogP contribution in [-0.4, -0.2) is 6.54 Å². The Balaban J connectivity index is 2.47. The van der Waals surface area contributed by atoms with Crippen molar-refractivity contribution in [3.63, 3.8) is 0 Å². The lowest BCUT2D eigenvalue weighted by Gasteiger charge is -2.06. The number of halogens is 3. The van der Waals surface area contributed by atoms with Crippen molar-refractivity contribution in [2.45, 2.75) is 19.8 Å². The summed E-state index contributed by atoms with van der Waals surface area (Å²) in [5.74, 6) is -3.08. The van der Waals surface area contributed by atoms with Gasteiger partial charge in [0.2, 0.25) is 0 Å². The molecule has 0 saturated heterocycles. The highest BCUT2D eigenvalue weighted by Crippen LogP contribution is 2.64. The van der Waals surface area contributed by atoms with E-state index < -0.39 is 17.5 Å². The fraction of sp³-hybridized carbons (Fsp3) is 0.500. The summed E-state index contributed by atoms with van der Waals surface area (Å²) in [5, 5.41) is 0. The maximum Gasteiger partial charge on any atom is 0.165 e. The highest BCUT2D eigenvalue weighted by atomic mass is 19.2. The van der Waals surface area contributed by atoms with E-state index in [1.807, 2.05) is 13.8 Å². The minimum Gasteiger partial charge on any atom is -0.330 e. The van der Waals surface area contributed by atoms with Gasteiger partial charge in [-0.05, 0) is 35.9 Å². The summed E-state index contributed by atoms with van der Waals surface area (Å²) in [6, 6.07) is 1.77.